The minimum absolute atomic E-state index is 0.110. The maximum atomic E-state index is 11.8. The van der Waals surface area contributed by atoms with Gasteiger partial charge in [0, 0.05) is 0 Å². The number of aliphatic hydroxyl groups excluding tert-OH is 1. The molecule has 0 aliphatic carbocycles. The summed E-state index contributed by atoms with van der Waals surface area (Å²) < 4.78 is 10.7. The fraction of sp³-hybridized carbons (Fsp3) is 0.188. The summed E-state index contributed by atoms with van der Waals surface area (Å²) in [7, 11) is 0. The van der Waals surface area contributed by atoms with Crippen molar-refractivity contribution in [2.24, 2.45) is 0 Å². The second kappa shape index (κ2) is 7.31. The van der Waals surface area contributed by atoms with E-state index in [9.17, 15) is 9.90 Å². The summed E-state index contributed by atoms with van der Waals surface area (Å²) in [5, 5.41) is 9.24. The summed E-state index contributed by atoms with van der Waals surface area (Å²) in [6.07, 6.45) is -0.692. The topological polar surface area (TPSA) is 55.8 Å². The summed E-state index contributed by atoms with van der Waals surface area (Å²) in [5.74, 6) is 0.197. The number of carbonyl (C=O) groups is 1. The zero-order chi connectivity index (χ0) is 14.2. The molecule has 0 aromatic heterocycles. The van der Waals surface area contributed by atoms with Crippen molar-refractivity contribution in [3.8, 4) is 5.75 Å². The van der Waals surface area contributed by atoms with Crippen LogP contribution in [0.2, 0.25) is 0 Å². The first-order chi connectivity index (χ1) is 9.79. The molecule has 2 aromatic rings. The van der Waals surface area contributed by atoms with Crippen LogP contribution in [-0.4, -0.2) is 30.4 Å². The van der Waals surface area contributed by atoms with Gasteiger partial charge in [0.15, 0.2) is 6.10 Å². The number of para-hydroxylation sites is 1. The number of aliphatic hydroxyl groups is 1. The largest absolute Gasteiger partial charge is 0.490 e. The van der Waals surface area contributed by atoms with E-state index in [0.717, 1.165) is 0 Å². The summed E-state index contributed by atoms with van der Waals surface area (Å²) in [5.41, 5.74) is 0.450. The fourth-order valence-electron chi connectivity index (χ4n) is 1.62. The molecular formula is C16H16O4. The molecule has 2 aromatic carbocycles. The first-order valence-electron chi connectivity index (χ1n) is 6.34. The van der Waals surface area contributed by atoms with E-state index in [4.69, 9.17) is 9.47 Å². The number of rotatable bonds is 6. The highest BCUT2D eigenvalue weighted by Gasteiger charge is 2.15. The van der Waals surface area contributed by atoms with Gasteiger partial charge in [0.05, 0.1) is 12.2 Å². The van der Waals surface area contributed by atoms with Gasteiger partial charge in [0.25, 0.3) is 0 Å². The highest BCUT2D eigenvalue weighted by Crippen LogP contribution is 2.10. The van der Waals surface area contributed by atoms with Gasteiger partial charge in [-0.05, 0) is 24.3 Å². The third kappa shape index (κ3) is 4.10. The van der Waals surface area contributed by atoms with Crippen molar-refractivity contribution in [1.29, 1.82) is 0 Å². The SMILES string of the molecule is O=C(OC(CO)COc1ccccc1)c1ccccc1. The minimum Gasteiger partial charge on any atom is -0.490 e. The third-order valence-corrected chi connectivity index (χ3v) is 2.67. The summed E-state index contributed by atoms with van der Waals surface area (Å²) in [6, 6.07) is 17.8. The van der Waals surface area contributed by atoms with Crippen LogP contribution in [0.4, 0.5) is 0 Å². The van der Waals surface area contributed by atoms with Crippen LogP contribution in [0.25, 0.3) is 0 Å². The van der Waals surface area contributed by atoms with Crippen molar-refractivity contribution >= 4 is 5.97 Å². The Morgan fingerprint density at radius 1 is 1.00 bits per heavy atom. The number of ether oxygens (including phenoxy) is 2. The molecule has 0 heterocycles. The van der Waals surface area contributed by atoms with E-state index < -0.39 is 12.1 Å². The average Bonchev–Trinajstić information content (AvgIpc) is 2.53. The summed E-state index contributed by atoms with van der Waals surface area (Å²) in [4.78, 5) is 11.8. The van der Waals surface area contributed by atoms with Crippen molar-refractivity contribution in [3.63, 3.8) is 0 Å². The van der Waals surface area contributed by atoms with Crippen LogP contribution >= 0.6 is 0 Å². The van der Waals surface area contributed by atoms with Crippen molar-refractivity contribution < 1.29 is 19.4 Å². The molecule has 0 aliphatic rings. The lowest BCUT2D eigenvalue weighted by molar-refractivity contribution is -0.00139. The van der Waals surface area contributed by atoms with E-state index in [1.54, 1.807) is 36.4 Å². The molecule has 0 radical (unpaired) electrons. The molecule has 4 nitrogen and oxygen atoms in total. The van der Waals surface area contributed by atoms with Gasteiger partial charge in [-0.1, -0.05) is 36.4 Å². The molecule has 0 amide bonds. The maximum Gasteiger partial charge on any atom is 0.338 e. The van der Waals surface area contributed by atoms with Gasteiger partial charge >= 0.3 is 5.97 Å². The van der Waals surface area contributed by atoms with Gasteiger partial charge in [0.1, 0.15) is 12.4 Å². The van der Waals surface area contributed by atoms with Gasteiger partial charge in [-0.15, -0.1) is 0 Å². The smallest absolute Gasteiger partial charge is 0.338 e. The highest BCUT2D eigenvalue weighted by atomic mass is 16.6. The van der Waals surface area contributed by atoms with Gasteiger partial charge in [-0.3, -0.25) is 0 Å². The molecule has 0 saturated carbocycles. The van der Waals surface area contributed by atoms with Crippen LogP contribution in [0.1, 0.15) is 10.4 Å². The molecule has 0 aliphatic heterocycles. The second-order valence-corrected chi connectivity index (χ2v) is 4.20. The number of hydrogen-bond donors (Lipinski definition) is 1. The van der Waals surface area contributed by atoms with E-state index in [1.165, 1.54) is 0 Å². The van der Waals surface area contributed by atoms with Gasteiger partial charge in [-0.2, -0.15) is 0 Å². The van der Waals surface area contributed by atoms with Crippen LogP contribution in [0, 0.1) is 0 Å². The van der Waals surface area contributed by atoms with Crippen molar-refractivity contribution in [1.82, 2.24) is 0 Å². The Hall–Kier alpha value is -2.33. The van der Waals surface area contributed by atoms with E-state index in [2.05, 4.69) is 0 Å². The quantitative estimate of drug-likeness (QED) is 0.820. The lowest BCUT2D eigenvalue weighted by Gasteiger charge is -2.16. The number of carbonyl (C=O) groups excluding carboxylic acids is 1. The van der Waals surface area contributed by atoms with E-state index in [0.29, 0.717) is 11.3 Å². The molecule has 2 rings (SSSR count). The molecule has 0 saturated heterocycles. The van der Waals surface area contributed by atoms with Crippen LogP contribution in [0.3, 0.4) is 0 Å². The number of benzene rings is 2. The Morgan fingerprint density at radius 3 is 2.20 bits per heavy atom. The molecule has 104 valence electrons. The maximum absolute atomic E-state index is 11.8. The van der Waals surface area contributed by atoms with Crippen molar-refractivity contribution in [3.05, 3.63) is 66.2 Å². The molecule has 0 bridgehead atoms. The Balaban J connectivity index is 1.88. The lowest BCUT2D eigenvalue weighted by Crippen LogP contribution is -2.28. The lowest BCUT2D eigenvalue weighted by atomic mass is 10.2. The second-order valence-electron chi connectivity index (χ2n) is 4.20. The van der Waals surface area contributed by atoms with E-state index in [-0.39, 0.29) is 13.2 Å². The molecular weight excluding hydrogens is 256 g/mol. The predicted octanol–water partition coefficient (Wildman–Crippen LogP) is 2.28. The van der Waals surface area contributed by atoms with Crippen LogP contribution in [-0.2, 0) is 4.74 Å². The van der Waals surface area contributed by atoms with Crippen LogP contribution in [0.5, 0.6) is 5.75 Å². The van der Waals surface area contributed by atoms with E-state index >= 15 is 0 Å². The zero-order valence-electron chi connectivity index (χ0n) is 10.9. The Bertz CT molecular complexity index is 525. The zero-order valence-corrected chi connectivity index (χ0v) is 10.9. The predicted molar refractivity (Wildman–Crippen MR) is 74.7 cm³/mol. The molecule has 1 unspecified atom stereocenters. The Kier molecular flexibility index (Phi) is 5.15. The first kappa shape index (κ1) is 14.1. The highest BCUT2D eigenvalue weighted by molar-refractivity contribution is 5.89. The summed E-state index contributed by atoms with van der Waals surface area (Å²) >= 11 is 0. The summed E-state index contributed by atoms with van der Waals surface area (Å²) in [6.45, 7) is -0.176. The van der Waals surface area contributed by atoms with Gasteiger partial charge in [-0.25, -0.2) is 4.79 Å². The number of esters is 1. The molecule has 1 atom stereocenters. The number of hydrogen-bond acceptors (Lipinski definition) is 4. The monoisotopic (exact) mass is 272 g/mol. The standard InChI is InChI=1S/C16H16O4/c17-11-15(12-19-14-9-5-2-6-10-14)20-16(18)13-7-3-1-4-8-13/h1-10,15,17H,11-12H2. The molecule has 4 heteroatoms. The molecule has 0 spiro atoms. The first-order valence-corrected chi connectivity index (χ1v) is 6.34. The molecule has 0 fully saturated rings. The van der Waals surface area contributed by atoms with E-state index in [1.807, 2.05) is 24.3 Å². The molecule has 1 N–H and O–H groups in total. The van der Waals surface area contributed by atoms with Crippen molar-refractivity contribution in [2.45, 2.75) is 6.10 Å². The average molecular weight is 272 g/mol. The van der Waals surface area contributed by atoms with Gasteiger partial charge in [0.2, 0.25) is 0 Å². The van der Waals surface area contributed by atoms with Gasteiger partial charge < -0.3 is 14.6 Å². The Labute approximate surface area is 117 Å². The fourth-order valence-corrected chi connectivity index (χ4v) is 1.62. The van der Waals surface area contributed by atoms with Crippen LogP contribution in [0.15, 0.2) is 60.7 Å². The normalized spacial score (nSPS) is 11.7. The molecule has 20 heavy (non-hydrogen) atoms. The Morgan fingerprint density at radius 2 is 1.60 bits per heavy atom. The third-order valence-electron chi connectivity index (χ3n) is 2.67. The van der Waals surface area contributed by atoms with Crippen LogP contribution < -0.4 is 4.74 Å². The minimum atomic E-state index is -0.692. The van der Waals surface area contributed by atoms with Crippen molar-refractivity contribution in [2.75, 3.05) is 13.2 Å².